The predicted octanol–water partition coefficient (Wildman–Crippen LogP) is 4.22. The fraction of sp³-hybridized carbons (Fsp3) is 1.00. The molecule has 0 aliphatic rings. The molecule has 0 aliphatic carbocycles. The molecule has 0 aliphatic heterocycles. The summed E-state index contributed by atoms with van der Waals surface area (Å²) in [4.78, 5) is 0. The van der Waals surface area contributed by atoms with E-state index in [-0.39, 0.29) is 0 Å². The normalized spacial score (nSPS) is 8.40. The van der Waals surface area contributed by atoms with Gasteiger partial charge in [0, 0.05) is 5.88 Å². The Labute approximate surface area is 71.0 Å². The number of unbranched alkanes of at least 4 members (excludes halogenated alkanes) is 4. The van der Waals surface area contributed by atoms with Gasteiger partial charge < -0.3 is 0 Å². The number of alkyl halides is 1. The molecule has 64 valence electrons. The fourth-order valence-corrected chi connectivity index (χ4v) is 0.677. The van der Waals surface area contributed by atoms with Gasteiger partial charge in [-0.2, -0.15) is 0 Å². The van der Waals surface area contributed by atoms with Crippen LogP contribution in [0.15, 0.2) is 0 Å². The minimum atomic E-state index is 0.722. The summed E-state index contributed by atoms with van der Waals surface area (Å²) in [5.74, 6) is 0.722. The van der Waals surface area contributed by atoms with E-state index >= 15 is 0 Å². The van der Waals surface area contributed by atoms with Crippen molar-refractivity contribution in [2.45, 2.75) is 52.9 Å². The van der Waals surface area contributed by atoms with Crippen LogP contribution in [0.2, 0.25) is 0 Å². The van der Waals surface area contributed by atoms with E-state index in [0.717, 1.165) is 5.88 Å². The summed E-state index contributed by atoms with van der Waals surface area (Å²) in [5, 5.41) is 0. The maximum atomic E-state index is 5.00. The lowest BCUT2D eigenvalue weighted by atomic mass is 10.2. The van der Waals surface area contributed by atoms with Crippen molar-refractivity contribution in [3.05, 3.63) is 0 Å². The van der Waals surface area contributed by atoms with E-state index in [0.29, 0.717) is 0 Å². The van der Waals surface area contributed by atoms with Crippen LogP contribution in [0.4, 0.5) is 0 Å². The molecule has 0 bridgehead atoms. The second kappa shape index (κ2) is 16.1. The lowest BCUT2D eigenvalue weighted by Crippen LogP contribution is -1.70. The van der Waals surface area contributed by atoms with Gasteiger partial charge in [-0.3, -0.25) is 0 Å². The summed E-state index contributed by atoms with van der Waals surface area (Å²) < 4.78 is 0. The third kappa shape index (κ3) is 23.9. The third-order valence-corrected chi connectivity index (χ3v) is 1.21. The number of rotatable bonds is 4. The quantitative estimate of drug-likeness (QED) is 0.431. The van der Waals surface area contributed by atoms with Gasteiger partial charge in [0.2, 0.25) is 0 Å². The number of hydrogen-bond acceptors (Lipinski definition) is 0. The van der Waals surface area contributed by atoms with Crippen LogP contribution < -0.4 is 0 Å². The zero-order chi connectivity index (χ0) is 8.24. The largest absolute Gasteiger partial charge is 0.127 e. The van der Waals surface area contributed by atoms with Crippen LogP contribution in [0.25, 0.3) is 0 Å². The third-order valence-electron chi connectivity index (χ3n) is 1.21. The Morgan fingerprint density at radius 1 is 0.800 bits per heavy atom. The first kappa shape index (κ1) is 12.9. The standard InChI is InChI=1S/C7H16.C2H5Cl/c1-3-5-7-6-4-2;1-2-3/h3-7H2,1-2H3;2H2,1H3. The molecule has 0 aromatic heterocycles. The van der Waals surface area contributed by atoms with Crippen molar-refractivity contribution < 1.29 is 0 Å². The van der Waals surface area contributed by atoms with Crippen LogP contribution in [-0.4, -0.2) is 5.88 Å². The lowest BCUT2D eigenvalue weighted by molar-refractivity contribution is 0.656. The highest BCUT2D eigenvalue weighted by atomic mass is 35.5. The molecule has 0 N–H and O–H groups in total. The molecule has 0 unspecified atom stereocenters. The summed E-state index contributed by atoms with van der Waals surface area (Å²) in [5.41, 5.74) is 0. The fourth-order valence-electron chi connectivity index (χ4n) is 0.677. The van der Waals surface area contributed by atoms with Crippen molar-refractivity contribution in [3.8, 4) is 0 Å². The highest BCUT2D eigenvalue weighted by Crippen LogP contribution is 2.00. The predicted molar refractivity (Wildman–Crippen MR) is 50.8 cm³/mol. The van der Waals surface area contributed by atoms with E-state index in [2.05, 4.69) is 13.8 Å². The van der Waals surface area contributed by atoms with Crippen LogP contribution in [0.1, 0.15) is 52.9 Å². The molecule has 0 fully saturated rings. The highest BCUT2D eigenvalue weighted by Gasteiger charge is 1.80. The van der Waals surface area contributed by atoms with Crippen LogP contribution in [-0.2, 0) is 0 Å². The second-order valence-corrected chi connectivity index (χ2v) is 2.86. The molecule has 0 heterocycles. The van der Waals surface area contributed by atoms with Crippen molar-refractivity contribution in [1.29, 1.82) is 0 Å². The van der Waals surface area contributed by atoms with Gasteiger partial charge in [0.25, 0.3) is 0 Å². The first-order valence-corrected chi connectivity index (χ1v) is 4.92. The number of halogens is 1. The minimum Gasteiger partial charge on any atom is -0.127 e. The Kier molecular flexibility index (Phi) is 20.9. The van der Waals surface area contributed by atoms with E-state index in [1.165, 1.54) is 32.1 Å². The molecule has 0 atom stereocenters. The molecule has 0 saturated heterocycles. The van der Waals surface area contributed by atoms with Crippen molar-refractivity contribution in [2.75, 3.05) is 5.88 Å². The topological polar surface area (TPSA) is 0 Å². The summed E-state index contributed by atoms with van der Waals surface area (Å²) >= 11 is 5.00. The molecule has 0 amide bonds. The van der Waals surface area contributed by atoms with E-state index in [1.807, 2.05) is 6.92 Å². The minimum absolute atomic E-state index is 0.722. The van der Waals surface area contributed by atoms with Crippen LogP contribution in [0.3, 0.4) is 0 Å². The van der Waals surface area contributed by atoms with Gasteiger partial charge in [0.1, 0.15) is 0 Å². The number of hydrogen-bond donors (Lipinski definition) is 0. The zero-order valence-electron chi connectivity index (χ0n) is 7.62. The molecule has 0 rings (SSSR count). The van der Waals surface area contributed by atoms with Gasteiger partial charge >= 0.3 is 0 Å². The summed E-state index contributed by atoms with van der Waals surface area (Å²) in [6, 6.07) is 0. The van der Waals surface area contributed by atoms with E-state index < -0.39 is 0 Å². The van der Waals surface area contributed by atoms with E-state index in [9.17, 15) is 0 Å². The zero-order valence-corrected chi connectivity index (χ0v) is 8.38. The summed E-state index contributed by atoms with van der Waals surface area (Å²) in [6.45, 7) is 6.38. The average Bonchev–Trinajstić information content (AvgIpc) is 1.91. The summed E-state index contributed by atoms with van der Waals surface area (Å²) in [6.07, 6.45) is 7.01. The maximum Gasteiger partial charge on any atom is 0.0195 e. The molecule has 10 heavy (non-hydrogen) atoms. The molecule has 0 aromatic rings. The van der Waals surface area contributed by atoms with Gasteiger partial charge in [-0.1, -0.05) is 52.9 Å². The van der Waals surface area contributed by atoms with Crippen molar-refractivity contribution in [1.82, 2.24) is 0 Å². The van der Waals surface area contributed by atoms with Gasteiger partial charge in [-0.15, -0.1) is 11.6 Å². The lowest BCUT2D eigenvalue weighted by Gasteiger charge is -1.90. The molecule has 1 heteroatoms. The Balaban J connectivity index is 0. The monoisotopic (exact) mass is 164 g/mol. The van der Waals surface area contributed by atoms with Gasteiger partial charge in [-0.05, 0) is 0 Å². The highest BCUT2D eigenvalue weighted by molar-refractivity contribution is 6.17. The molecule has 0 aromatic carbocycles. The van der Waals surface area contributed by atoms with Crippen molar-refractivity contribution in [3.63, 3.8) is 0 Å². The average molecular weight is 165 g/mol. The molecular formula is C9H21Cl. The van der Waals surface area contributed by atoms with E-state index in [1.54, 1.807) is 0 Å². The van der Waals surface area contributed by atoms with Gasteiger partial charge in [0.05, 0.1) is 0 Å². The SMILES string of the molecule is CCCCCCC.CCCl. The maximum absolute atomic E-state index is 5.00. The Bertz CT molecular complexity index is 31.7. The first-order valence-electron chi connectivity index (χ1n) is 4.39. The summed E-state index contributed by atoms with van der Waals surface area (Å²) in [7, 11) is 0. The Morgan fingerprint density at radius 2 is 1.10 bits per heavy atom. The van der Waals surface area contributed by atoms with Crippen LogP contribution >= 0.6 is 11.6 Å². The van der Waals surface area contributed by atoms with Crippen LogP contribution in [0, 0.1) is 0 Å². The molecule has 0 radical (unpaired) electrons. The van der Waals surface area contributed by atoms with Crippen LogP contribution in [0.5, 0.6) is 0 Å². The molecule has 0 nitrogen and oxygen atoms in total. The van der Waals surface area contributed by atoms with Gasteiger partial charge in [-0.25, -0.2) is 0 Å². The second-order valence-electron chi connectivity index (χ2n) is 2.33. The first-order chi connectivity index (χ1) is 4.83. The molecule has 0 saturated carbocycles. The Morgan fingerprint density at radius 3 is 1.30 bits per heavy atom. The van der Waals surface area contributed by atoms with Crippen molar-refractivity contribution in [2.24, 2.45) is 0 Å². The van der Waals surface area contributed by atoms with Crippen molar-refractivity contribution >= 4 is 11.6 Å². The molecule has 0 spiro atoms. The van der Waals surface area contributed by atoms with E-state index in [4.69, 9.17) is 11.6 Å². The smallest absolute Gasteiger partial charge is 0.0195 e. The Hall–Kier alpha value is 0.290. The molecular weight excluding hydrogens is 144 g/mol. The van der Waals surface area contributed by atoms with Gasteiger partial charge in [0.15, 0.2) is 0 Å².